The maximum absolute atomic E-state index is 12.5. The molecular weight excluding hydrogens is 340 g/mol. The summed E-state index contributed by atoms with van der Waals surface area (Å²) in [4.78, 5) is 39.4. The van der Waals surface area contributed by atoms with Crippen molar-refractivity contribution in [2.24, 2.45) is 0 Å². The number of aromatic nitrogens is 3. The van der Waals surface area contributed by atoms with Gasteiger partial charge in [0.15, 0.2) is 0 Å². The predicted molar refractivity (Wildman–Crippen MR) is 97.9 cm³/mol. The van der Waals surface area contributed by atoms with Crippen molar-refractivity contribution in [3.63, 3.8) is 0 Å². The second-order valence-electron chi connectivity index (χ2n) is 6.88. The Morgan fingerprint density at radius 3 is 2.30 bits per heavy atom. The van der Waals surface area contributed by atoms with Crippen LogP contribution >= 0.6 is 0 Å². The lowest BCUT2D eigenvalue weighted by Crippen LogP contribution is -2.29. The third kappa shape index (κ3) is 2.79. The van der Waals surface area contributed by atoms with E-state index in [4.69, 9.17) is 0 Å². The summed E-state index contributed by atoms with van der Waals surface area (Å²) in [6.45, 7) is 0.120. The van der Waals surface area contributed by atoms with E-state index in [9.17, 15) is 9.59 Å². The zero-order chi connectivity index (χ0) is 18.4. The molecule has 0 unspecified atom stereocenters. The van der Waals surface area contributed by atoms with Crippen molar-refractivity contribution in [2.45, 2.75) is 25.3 Å². The maximum Gasteiger partial charge on any atom is 0.261 e. The molecule has 0 radical (unpaired) electrons. The average molecular weight is 356 g/mol. The van der Waals surface area contributed by atoms with Crippen LogP contribution in [0.1, 0.15) is 50.9 Å². The first kappa shape index (κ1) is 15.8. The number of hydrogen-bond donors (Lipinski definition) is 0. The molecule has 0 atom stereocenters. The lowest BCUT2D eigenvalue weighted by molar-refractivity contribution is 0.0640. The number of pyridine rings is 1. The molecule has 27 heavy (non-hydrogen) atoms. The highest BCUT2D eigenvalue weighted by atomic mass is 16.2. The fourth-order valence-electron chi connectivity index (χ4n) is 3.36. The summed E-state index contributed by atoms with van der Waals surface area (Å²) in [5, 5.41) is 0. The lowest BCUT2D eigenvalue weighted by Gasteiger charge is -2.13. The van der Waals surface area contributed by atoms with Crippen molar-refractivity contribution in [3.8, 4) is 11.3 Å². The number of nitrogens with zero attached hydrogens (tertiary/aromatic N) is 4. The molecule has 0 spiro atoms. The Hall–Kier alpha value is -3.41. The SMILES string of the molecule is O=C1c2ccccc2C(=O)N1Cc1cc(-c2ccc(C3CC3)nc2)ncn1. The van der Waals surface area contributed by atoms with Crippen molar-refractivity contribution >= 4 is 11.8 Å². The molecular formula is C21H16N4O2. The van der Waals surface area contributed by atoms with Gasteiger partial charge in [0.25, 0.3) is 11.8 Å². The summed E-state index contributed by atoms with van der Waals surface area (Å²) in [5.74, 6) is 0.0336. The van der Waals surface area contributed by atoms with Crippen LogP contribution in [0.5, 0.6) is 0 Å². The van der Waals surface area contributed by atoms with E-state index in [1.54, 1.807) is 30.3 Å². The molecule has 1 saturated carbocycles. The third-order valence-electron chi connectivity index (χ3n) is 5.00. The monoisotopic (exact) mass is 356 g/mol. The molecule has 132 valence electrons. The van der Waals surface area contributed by atoms with Crippen LogP contribution in [0.2, 0.25) is 0 Å². The standard InChI is InChI=1S/C21H16N4O2/c26-20-16-3-1-2-4-17(16)21(27)25(20)11-15-9-19(24-12-23-15)14-7-8-18(22-10-14)13-5-6-13/h1-4,7-10,12-13H,5-6,11H2. The van der Waals surface area contributed by atoms with Crippen molar-refractivity contribution in [3.05, 3.63) is 77.5 Å². The zero-order valence-electron chi connectivity index (χ0n) is 14.5. The molecule has 2 aromatic heterocycles. The minimum Gasteiger partial charge on any atom is -0.269 e. The van der Waals surface area contributed by atoms with E-state index in [0.29, 0.717) is 22.7 Å². The van der Waals surface area contributed by atoms with Crippen molar-refractivity contribution in [1.29, 1.82) is 0 Å². The Balaban J connectivity index is 1.40. The smallest absolute Gasteiger partial charge is 0.261 e. The van der Waals surface area contributed by atoms with Gasteiger partial charge >= 0.3 is 0 Å². The molecule has 6 nitrogen and oxygen atoms in total. The van der Waals surface area contributed by atoms with E-state index < -0.39 is 0 Å². The van der Waals surface area contributed by atoms with Gasteiger partial charge in [-0.05, 0) is 43.2 Å². The quantitative estimate of drug-likeness (QED) is 0.671. The van der Waals surface area contributed by atoms with Crippen LogP contribution in [0, 0.1) is 0 Å². The van der Waals surface area contributed by atoms with Crippen LogP contribution in [0.3, 0.4) is 0 Å². The number of carbonyl (C=O) groups is 2. The second kappa shape index (κ2) is 6.09. The fraction of sp³-hybridized carbons (Fsp3) is 0.190. The van der Waals surface area contributed by atoms with E-state index in [0.717, 1.165) is 17.0 Å². The predicted octanol–water partition coefficient (Wildman–Crippen LogP) is 3.21. The highest BCUT2D eigenvalue weighted by Gasteiger charge is 2.35. The molecule has 6 heteroatoms. The van der Waals surface area contributed by atoms with Crippen molar-refractivity contribution in [2.75, 3.05) is 0 Å². The first-order chi connectivity index (χ1) is 13.2. The number of imide groups is 1. The highest BCUT2D eigenvalue weighted by Crippen LogP contribution is 2.39. The molecule has 0 N–H and O–H groups in total. The van der Waals surface area contributed by atoms with Gasteiger partial charge in [-0.1, -0.05) is 12.1 Å². The van der Waals surface area contributed by atoms with Crippen LogP contribution in [-0.2, 0) is 6.54 Å². The maximum atomic E-state index is 12.5. The van der Waals surface area contributed by atoms with Gasteiger partial charge in [-0.2, -0.15) is 0 Å². The van der Waals surface area contributed by atoms with E-state index >= 15 is 0 Å². The molecule has 1 aromatic carbocycles. The molecule has 2 aliphatic rings. The number of rotatable bonds is 4. The second-order valence-corrected chi connectivity index (χ2v) is 6.88. The zero-order valence-corrected chi connectivity index (χ0v) is 14.5. The Kier molecular flexibility index (Phi) is 3.57. The van der Waals surface area contributed by atoms with Gasteiger partial charge in [0.05, 0.1) is 29.1 Å². The molecule has 5 rings (SSSR count). The van der Waals surface area contributed by atoms with Crippen LogP contribution < -0.4 is 0 Å². The first-order valence-electron chi connectivity index (χ1n) is 8.93. The number of carbonyl (C=O) groups excluding carboxylic acids is 2. The van der Waals surface area contributed by atoms with E-state index in [1.807, 2.05) is 18.3 Å². The minimum absolute atomic E-state index is 0.120. The van der Waals surface area contributed by atoms with Gasteiger partial charge in [0, 0.05) is 23.4 Å². The normalized spacial score (nSPS) is 15.9. The lowest BCUT2D eigenvalue weighted by atomic mass is 10.1. The van der Waals surface area contributed by atoms with Gasteiger partial charge in [-0.15, -0.1) is 0 Å². The summed E-state index contributed by atoms with van der Waals surface area (Å²) in [6, 6.07) is 12.7. The number of fused-ring (bicyclic) bond motifs is 1. The van der Waals surface area contributed by atoms with E-state index in [1.165, 1.54) is 24.1 Å². The van der Waals surface area contributed by atoms with Crippen molar-refractivity contribution in [1.82, 2.24) is 19.9 Å². The summed E-state index contributed by atoms with van der Waals surface area (Å²) >= 11 is 0. The third-order valence-corrected chi connectivity index (χ3v) is 5.00. The molecule has 3 aromatic rings. The van der Waals surface area contributed by atoms with Crippen LogP contribution in [-0.4, -0.2) is 31.7 Å². The largest absolute Gasteiger partial charge is 0.269 e. The number of benzene rings is 1. The first-order valence-corrected chi connectivity index (χ1v) is 8.93. The van der Waals surface area contributed by atoms with Crippen LogP contribution in [0.25, 0.3) is 11.3 Å². The fourth-order valence-corrected chi connectivity index (χ4v) is 3.36. The molecule has 3 heterocycles. The molecule has 0 bridgehead atoms. The molecule has 1 aliphatic carbocycles. The minimum atomic E-state index is -0.286. The number of hydrogen-bond acceptors (Lipinski definition) is 5. The van der Waals surface area contributed by atoms with E-state index in [2.05, 4.69) is 15.0 Å². The van der Waals surface area contributed by atoms with Gasteiger partial charge in [0.2, 0.25) is 0 Å². The highest BCUT2D eigenvalue weighted by molar-refractivity contribution is 6.21. The molecule has 2 amide bonds. The molecule has 1 fully saturated rings. The van der Waals surface area contributed by atoms with Gasteiger partial charge in [-0.25, -0.2) is 9.97 Å². The molecule has 1 aliphatic heterocycles. The summed E-state index contributed by atoms with van der Waals surface area (Å²) < 4.78 is 0. The Labute approximate surface area is 155 Å². The van der Waals surface area contributed by atoms with Gasteiger partial charge in [0.1, 0.15) is 6.33 Å². The summed E-state index contributed by atoms with van der Waals surface area (Å²) in [6.07, 6.45) is 5.70. The summed E-state index contributed by atoms with van der Waals surface area (Å²) in [5.41, 5.74) is 4.24. The number of amides is 2. The average Bonchev–Trinajstić information content (AvgIpc) is 3.54. The Morgan fingerprint density at radius 1 is 0.926 bits per heavy atom. The Bertz CT molecular complexity index is 1020. The van der Waals surface area contributed by atoms with Crippen LogP contribution in [0.4, 0.5) is 0 Å². The van der Waals surface area contributed by atoms with Gasteiger partial charge in [-0.3, -0.25) is 19.5 Å². The van der Waals surface area contributed by atoms with Crippen LogP contribution in [0.15, 0.2) is 55.0 Å². The van der Waals surface area contributed by atoms with Gasteiger partial charge < -0.3 is 0 Å². The Morgan fingerprint density at radius 2 is 1.67 bits per heavy atom. The van der Waals surface area contributed by atoms with Crippen molar-refractivity contribution < 1.29 is 9.59 Å². The summed E-state index contributed by atoms with van der Waals surface area (Å²) in [7, 11) is 0. The van der Waals surface area contributed by atoms with E-state index in [-0.39, 0.29) is 18.4 Å². The topological polar surface area (TPSA) is 76.1 Å². The molecule has 0 saturated heterocycles.